The molecule has 1 aromatic heterocycles. The van der Waals surface area contributed by atoms with Crippen LogP contribution in [0, 0.1) is 11.3 Å². The Balaban J connectivity index is 2.11. The highest BCUT2D eigenvalue weighted by Gasteiger charge is 2.48. The number of hydrogen-bond acceptors (Lipinski definition) is 6. The number of ether oxygens (including phenoxy) is 1. The van der Waals surface area contributed by atoms with Gasteiger partial charge in [-0.05, 0) is 55.4 Å². The summed E-state index contributed by atoms with van der Waals surface area (Å²) in [5.74, 6) is -0.468. The molecule has 0 fully saturated rings. The van der Waals surface area contributed by atoms with Crippen molar-refractivity contribution >= 4 is 45.9 Å². The number of amides is 1. The van der Waals surface area contributed by atoms with Gasteiger partial charge in [0.15, 0.2) is 5.12 Å². The third kappa shape index (κ3) is 9.08. The van der Waals surface area contributed by atoms with E-state index in [0.717, 1.165) is 53.3 Å². The lowest BCUT2D eigenvalue weighted by molar-refractivity contribution is -0.164. The zero-order valence-corrected chi connectivity index (χ0v) is 28.1. The van der Waals surface area contributed by atoms with Gasteiger partial charge in [-0.1, -0.05) is 93.7 Å². The van der Waals surface area contributed by atoms with Crippen molar-refractivity contribution in [3.8, 4) is 0 Å². The lowest BCUT2D eigenvalue weighted by Gasteiger charge is -2.40. The quantitative estimate of drug-likeness (QED) is 0.231. The predicted molar refractivity (Wildman–Crippen MR) is 176 cm³/mol. The molecule has 0 aliphatic heterocycles. The molecule has 7 nitrogen and oxygen atoms in total. The summed E-state index contributed by atoms with van der Waals surface area (Å²) in [4.78, 5) is 43.6. The third-order valence-corrected chi connectivity index (χ3v) is 9.41. The fourth-order valence-corrected chi connectivity index (χ4v) is 6.63. The van der Waals surface area contributed by atoms with Crippen LogP contribution >= 0.6 is 23.4 Å². The molecule has 1 aliphatic rings. The Hall–Kier alpha value is -2.84. The number of halogens is 1. The summed E-state index contributed by atoms with van der Waals surface area (Å²) < 4.78 is 8.08. The van der Waals surface area contributed by atoms with E-state index in [1.807, 2.05) is 69.7 Å². The fraction of sp³-hybridized carbons (Fsp3) is 0.529. The summed E-state index contributed by atoms with van der Waals surface area (Å²) in [5.41, 5.74) is 1.89. The van der Waals surface area contributed by atoms with Crippen LogP contribution in [0.4, 0.5) is 0 Å². The van der Waals surface area contributed by atoms with E-state index in [4.69, 9.17) is 16.3 Å². The number of nitrogens with zero attached hydrogens (tertiary/aromatic N) is 2. The van der Waals surface area contributed by atoms with E-state index in [9.17, 15) is 14.4 Å². The normalized spacial score (nSPS) is 18.6. The maximum absolute atomic E-state index is 14.2. The number of carbonyl (C=O) groups is 3. The number of aromatic nitrogens is 2. The fourth-order valence-electron chi connectivity index (χ4n) is 5.31. The molecule has 3 rings (SSSR count). The number of nitrogens with one attached hydrogen (secondary N) is 1. The monoisotopic (exact) mass is 627 g/mol. The molecule has 2 aromatic rings. The van der Waals surface area contributed by atoms with E-state index in [2.05, 4.69) is 23.3 Å². The SMILES string of the molecule is CCCCC1(C(=O)OC(C)(C)C)CC(Cl)=C(CNC(=O)C(SC(C)=O)C(C)CC)C=C1c1ccccc1Cn1ccnc1. The molecule has 9 heteroatoms. The maximum atomic E-state index is 14.2. The van der Waals surface area contributed by atoms with Crippen molar-refractivity contribution in [1.29, 1.82) is 0 Å². The van der Waals surface area contributed by atoms with Gasteiger partial charge in [0.05, 0.1) is 17.0 Å². The van der Waals surface area contributed by atoms with E-state index in [1.165, 1.54) is 6.92 Å². The van der Waals surface area contributed by atoms with Gasteiger partial charge in [0.1, 0.15) is 5.60 Å². The van der Waals surface area contributed by atoms with Gasteiger partial charge in [-0.15, -0.1) is 0 Å². The van der Waals surface area contributed by atoms with Crippen LogP contribution in [0.2, 0.25) is 0 Å². The topological polar surface area (TPSA) is 90.3 Å². The Morgan fingerprint density at radius 2 is 1.93 bits per heavy atom. The zero-order valence-electron chi connectivity index (χ0n) is 26.5. The number of thioether (sulfide) groups is 1. The highest BCUT2D eigenvalue weighted by Crippen LogP contribution is 2.51. The first kappa shape index (κ1) is 34.6. The molecule has 1 amide bonds. The first-order valence-corrected chi connectivity index (χ1v) is 16.4. The highest BCUT2D eigenvalue weighted by atomic mass is 35.5. The molecular formula is C34H46ClN3O4S. The second-order valence-corrected chi connectivity index (χ2v) is 14.2. The second-order valence-electron chi connectivity index (χ2n) is 12.4. The van der Waals surface area contributed by atoms with Crippen molar-refractivity contribution in [2.75, 3.05) is 6.54 Å². The molecule has 234 valence electrons. The minimum atomic E-state index is -0.997. The van der Waals surface area contributed by atoms with Crippen LogP contribution in [-0.2, 0) is 25.7 Å². The predicted octanol–water partition coefficient (Wildman–Crippen LogP) is 7.54. The summed E-state index contributed by atoms with van der Waals surface area (Å²) in [6.45, 7) is 14.0. The summed E-state index contributed by atoms with van der Waals surface area (Å²) in [6.07, 6.45) is 10.8. The standard InChI is InChI=1S/C34H46ClN3O4S/c1-8-10-15-34(32(41)42-33(5,6)7)19-29(35)26(20-37-31(40)30(23(3)9-2)43-24(4)39)18-28(34)27-14-12-11-13-25(27)21-38-17-16-36-22-38/h11-14,16-18,22-23,30H,8-10,15,19-21H2,1-7H3,(H,37,40). The third-order valence-electron chi connectivity index (χ3n) is 7.77. The van der Waals surface area contributed by atoms with Crippen molar-refractivity contribution in [2.24, 2.45) is 11.3 Å². The van der Waals surface area contributed by atoms with Crippen LogP contribution in [0.15, 0.2) is 59.7 Å². The summed E-state index contributed by atoms with van der Waals surface area (Å²) >= 11 is 8.07. The van der Waals surface area contributed by atoms with Crippen molar-refractivity contribution < 1.29 is 19.1 Å². The first-order valence-electron chi connectivity index (χ1n) is 15.1. The molecule has 1 heterocycles. The van der Waals surface area contributed by atoms with Crippen LogP contribution in [-0.4, -0.2) is 43.9 Å². The maximum Gasteiger partial charge on any atom is 0.317 e. The number of esters is 1. The summed E-state index contributed by atoms with van der Waals surface area (Å²) in [5, 5.41) is 2.98. The number of allylic oxidation sites excluding steroid dienone is 1. The molecular weight excluding hydrogens is 582 g/mol. The smallest absolute Gasteiger partial charge is 0.317 e. The van der Waals surface area contributed by atoms with E-state index in [1.54, 1.807) is 12.5 Å². The van der Waals surface area contributed by atoms with E-state index < -0.39 is 16.3 Å². The van der Waals surface area contributed by atoms with Crippen LogP contribution in [0.1, 0.15) is 91.7 Å². The number of hydrogen-bond donors (Lipinski definition) is 1. The highest BCUT2D eigenvalue weighted by molar-refractivity contribution is 8.14. The van der Waals surface area contributed by atoms with Gasteiger partial charge in [-0.2, -0.15) is 0 Å². The molecule has 1 aliphatic carbocycles. The van der Waals surface area contributed by atoms with Gasteiger partial charge in [-0.3, -0.25) is 14.4 Å². The average Bonchev–Trinajstić information content (AvgIpc) is 3.46. The number of unbranched alkanes of at least 4 members (excludes halogenated alkanes) is 1. The molecule has 1 aromatic carbocycles. The van der Waals surface area contributed by atoms with Crippen LogP contribution < -0.4 is 5.32 Å². The number of imidazole rings is 1. The van der Waals surface area contributed by atoms with E-state index in [-0.39, 0.29) is 35.9 Å². The average molecular weight is 628 g/mol. The Labute approximate surface area is 265 Å². The van der Waals surface area contributed by atoms with Crippen molar-refractivity contribution in [3.63, 3.8) is 0 Å². The van der Waals surface area contributed by atoms with E-state index in [0.29, 0.717) is 18.0 Å². The Kier molecular flexibility index (Phi) is 12.3. The molecule has 0 saturated carbocycles. The van der Waals surface area contributed by atoms with Crippen molar-refractivity contribution in [3.05, 3.63) is 70.8 Å². The van der Waals surface area contributed by atoms with Gasteiger partial charge in [0, 0.05) is 43.9 Å². The van der Waals surface area contributed by atoms with E-state index >= 15 is 0 Å². The van der Waals surface area contributed by atoms with Crippen LogP contribution in [0.25, 0.3) is 5.57 Å². The number of benzene rings is 1. The minimum Gasteiger partial charge on any atom is -0.459 e. The molecule has 0 bridgehead atoms. The second kappa shape index (κ2) is 15.2. The molecule has 0 radical (unpaired) electrons. The van der Waals surface area contributed by atoms with Gasteiger partial charge in [0.25, 0.3) is 0 Å². The molecule has 0 saturated heterocycles. The molecule has 3 unspecified atom stereocenters. The van der Waals surface area contributed by atoms with Crippen LogP contribution in [0.5, 0.6) is 0 Å². The van der Waals surface area contributed by atoms with Crippen LogP contribution in [0.3, 0.4) is 0 Å². The zero-order chi connectivity index (χ0) is 31.8. The van der Waals surface area contributed by atoms with Gasteiger partial charge >= 0.3 is 5.97 Å². The summed E-state index contributed by atoms with van der Waals surface area (Å²) in [7, 11) is 0. The molecule has 0 spiro atoms. The first-order chi connectivity index (χ1) is 20.3. The van der Waals surface area contributed by atoms with Gasteiger partial charge < -0.3 is 14.6 Å². The van der Waals surface area contributed by atoms with Crippen molar-refractivity contribution in [1.82, 2.24) is 14.9 Å². The van der Waals surface area contributed by atoms with Gasteiger partial charge in [0.2, 0.25) is 5.91 Å². The lowest BCUT2D eigenvalue weighted by Crippen LogP contribution is -2.41. The Morgan fingerprint density at radius 1 is 1.21 bits per heavy atom. The molecule has 3 atom stereocenters. The molecule has 1 N–H and O–H groups in total. The Bertz CT molecular complexity index is 1350. The number of rotatable bonds is 13. The van der Waals surface area contributed by atoms with Crippen molar-refractivity contribution in [2.45, 2.75) is 98.0 Å². The number of carbonyl (C=O) groups excluding carboxylic acids is 3. The minimum absolute atomic E-state index is 0.0275. The lowest BCUT2D eigenvalue weighted by atomic mass is 9.67. The Morgan fingerprint density at radius 3 is 2.53 bits per heavy atom. The summed E-state index contributed by atoms with van der Waals surface area (Å²) in [6, 6.07) is 8.07. The van der Waals surface area contributed by atoms with Gasteiger partial charge in [-0.25, -0.2) is 4.98 Å². The largest absolute Gasteiger partial charge is 0.459 e. The molecule has 43 heavy (non-hydrogen) atoms.